The second-order valence-corrected chi connectivity index (χ2v) is 6.00. The van der Waals surface area contributed by atoms with Crippen molar-refractivity contribution in [2.45, 2.75) is 26.2 Å². The summed E-state index contributed by atoms with van der Waals surface area (Å²) in [5.41, 5.74) is 1.95. The summed E-state index contributed by atoms with van der Waals surface area (Å²) >= 11 is 6.22. The van der Waals surface area contributed by atoms with Crippen molar-refractivity contribution in [3.63, 3.8) is 0 Å². The minimum absolute atomic E-state index is 0.231. The molecule has 3 nitrogen and oxygen atoms in total. The first kappa shape index (κ1) is 16.4. The van der Waals surface area contributed by atoms with Crippen molar-refractivity contribution in [2.75, 3.05) is 7.11 Å². The highest BCUT2D eigenvalue weighted by atomic mass is 35.5. The molecule has 0 aliphatic heterocycles. The number of methoxy groups -OCH3 is 1. The molecule has 4 heteroatoms. The Morgan fingerprint density at radius 3 is 2.14 bits per heavy atom. The van der Waals surface area contributed by atoms with Gasteiger partial charge in [0.2, 0.25) is 0 Å². The Hall–Kier alpha value is -2.00. The highest BCUT2D eigenvalue weighted by Crippen LogP contribution is 2.36. The Kier molecular flexibility index (Phi) is 4.77. The van der Waals surface area contributed by atoms with E-state index in [1.165, 1.54) is 6.92 Å². The third kappa shape index (κ3) is 3.42. The number of esters is 1. The number of rotatable bonds is 4. The summed E-state index contributed by atoms with van der Waals surface area (Å²) in [6.45, 7) is 5.62. The van der Waals surface area contributed by atoms with Crippen LogP contribution < -0.4 is 9.47 Å². The van der Waals surface area contributed by atoms with Crippen LogP contribution in [0.3, 0.4) is 0 Å². The average Bonchev–Trinajstić information content (AvgIpc) is 2.47. The first-order valence-corrected chi connectivity index (χ1v) is 7.35. The first-order chi connectivity index (χ1) is 10.3. The van der Waals surface area contributed by atoms with E-state index in [1.807, 2.05) is 30.3 Å². The van der Waals surface area contributed by atoms with Crippen molar-refractivity contribution in [3.8, 4) is 11.5 Å². The molecule has 2 aromatic rings. The lowest BCUT2D eigenvalue weighted by atomic mass is 9.78. The van der Waals surface area contributed by atoms with E-state index in [2.05, 4.69) is 13.8 Å². The number of carbonyl (C=O) groups excluding carboxylic acids is 1. The van der Waals surface area contributed by atoms with E-state index in [4.69, 9.17) is 21.1 Å². The molecular formula is C18H19ClO3. The lowest BCUT2D eigenvalue weighted by Crippen LogP contribution is -2.18. The zero-order chi connectivity index (χ0) is 16.3. The predicted molar refractivity (Wildman–Crippen MR) is 87.9 cm³/mol. The number of carbonyl (C=O) groups is 1. The second kappa shape index (κ2) is 6.41. The summed E-state index contributed by atoms with van der Waals surface area (Å²) in [5.74, 6) is 0.875. The summed E-state index contributed by atoms with van der Waals surface area (Å²) in [4.78, 5) is 11.0. The van der Waals surface area contributed by atoms with Crippen molar-refractivity contribution in [1.29, 1.82) is 0 Å². The second-order valence-electron chi connectivity index (χ2n) is 5.59. The van der Waals surface area contributed by atoms with Crippen LogP contribution in [0.15, 0.2) is 42.5 Å². The Morgan fingerprint density at radius 2 is 1.64 bits per heavy atom. The maximum atomic E-state index is 11.0. The number of hydrogen-bond donors (Lipinski definition) is 0. The fraction of sp³-hybridized carbons (Fsp3) is 0.278. The van der Waals surface area contributed by atoms with Gasteiger partial charge in [-0.1, -0.05) is 43.6 Å². The Morgan fingerprint density at radius 1 is 1.05 bits per heavy atom. The molecule has 0 atom stereocenters. The summed E-state index contributed by atoms with van der Waals surface area (Å²) in [6.07, 6.45) is 0. The highest BCUT2D eigenvalue weighted by Gasteiger charge is 2.24. The van der Waals surface area contributed by atoms with Crippen LogP contribution in [0.1, 0.15) is 31.9 Å². The maximum Gasteiger partial charge on any atom is 0.308 e. The SMILES string of the molecule is COc1ccc(C(C)(C)c2ccc(OC(C)=O)cc2)cc1Cl. The van der Waals surface area contributed by atoms with Crippen molar-refractivity contribution in [1.82, 2.24) is 0 Å². The van der Waals surface area contributed by atoms with Gasteiger partial charge in [-0.15, -0.1) is 0 Å². The van der Waals surface area contributed by atoms with Crippen molar-refractivity contribution >= 4 is 17.6 Å². The van der Waals surface area contributed by atoms with E-state index in [-0.39, 0.29) is 11.4 Å². The molecule has 0 aliphatic rings. The molecule has 0 spiro atoms. The van der Waals surface area contributed by atoms with Gasteiger partial charge < -0.3 is 9.47 Å². The van der Waals surface area contributed by atoms with Crippen LogP contribution >= 0.6 is 11.6 Å². The lowest BCUT2D eigenvalue weighted by Gasteiger charge is -2.26. The minimum Gasteiger partial charge on any atom is -0.495 e. The molecule has 2 rings (SSSR count). The molecule has 2 aromatic carbocycles. The van der Waals surface area contributed by atoms with Crippen LogP contribution in [0.4, 0.5) is 0 Å². The molecule has 0 aliphatic carbocycles. The fourth-order valence-electron chi connectivity index (χ4n) is 2.33. The van der Waals surface area contributed by atoms with Gasteiger partial charge in [-0.25, -0.2) is 0 Å². The lowest BCUT2D eigenvalue weighted by molar-refractivity contribution is -0.131. The predicted octanol–water partition coefficient (Wildman–Crippen LogP) is 4.60. The van der Waals surface area contributed by atoms with Gasteiger partial charge in [-0.05, 0) is 35.4 Å². The molecular weight excluding hydrogens is 300 g/mol. The van der Waals surface area contributed by atoms with Gasteiger partial charge in [0.05, 0.1) is 12.1 Å². The highest BCUT2D eigenvalue weighted by molar-refractivity contribution is 6.32. The standard InChI is InChI=1S/C18H19ClO3/c1-12(20)22-15-8-5-13(6-9-15)18(2,3)14-7-10-17(21-4)16(19)11-14/h5-11H,1-4H3. The summed E-state index contributed by atoms with van der Waals surface area (Å²) in [5, 5.41) is 0.588. The van der Waals surface area contributed by atoms with E-state index in [0.717, 1.165) is 11.1 Å². The number of hydrogen-bond acceptors (Lipinski definition) is 3. The monoisotopic (exact) mass is 318 g/mol. The van der Waals surface area contributed by atoms with E-state index in [1.54, 1.807) is 19.2 Å². The van der Waals surface area contributed by atoms with Gasteiger partial charge in [0.25, 0.3) is 0 Å². The van der Waals surface area contributed by atoms with Crippen LogP contribution in [0.5, 0.6) is 11.5 Å². The number of halogens is 1. The molecule has 0 unspecified atom stereocenters. The molecule has 116 valence electrons. The van der Waals surface area contributed by atoms with Crippen LogP contribution in [0.2, 0.25) is 5.02 Å². The number of benzene rings is 2. The van der Waals surface area contributed by atoms with Crippen molar-refractivity contribution < 1.29 is 14.3 Å². The van der Waals surface area contributed by atoms with Crippen LogP contribution in [0.25, 0.3) is 0 Å². The molecule has 0 amide bonds. The molecule has 0 fully saturated rings. The van der Waals surface area contributed by atoms with Gasteiger partial charge in [0.15, 0.2) is 0 Å². The molecule has 0 saturated carbocycles. The Balaban J connectivity index is 2.33. The van der Waals surface area contributed by atoms with E-state index >= 15 is 0 Å². The summed E-state index contributed by atoms with van der Waals surface area (Å²) in [7, 11) is 1.60. The summed E-state index contributed by atoms with van der Waals surface area (Å²) < 4.78 is 10.3. The zero-order valence-electron chi connectivity index (χ0n) is 13.1. The molecule has 0 aromatic heterocycles. The molecule has 0 heterocycles. The molecule has 0 radical (unpaired) electrons. The fourth-order valence-corrected chi connectivity index (χ4v) is 2.59. The third-order valence-electron chi connectivity index (χ3n) is 3.71. The smallest absolute Gasteiger partial charge is 0.308 e. The average molecular weight is 319 g/mol. The van der Waals surface area contributed by atoms with Gasteiger partial charge >= 0.3 is 5.97 Å². The van der Waals surface area contributed by atoms with Crippen molar-refractivity contribution in [3.05, 3.63) is 58.6 Å². The first-order valence-electron chi connectivity index (χ1n) is 6.97. The molecule has 0 bridgehead atoms. The zero-order valence-corrected chi connectivity index (χ0v) is 13.9. The van der Waals surface area contributed by atoms with Gasteiger partial charge in [-0.2, -0.15) is 0 Å². The molecule has 22 heavy (non-hydrogen) atoms. The third-order valence-corrected chi connectivity index (χ3v) is 4.01. The van der Waals surface area contributed by atoms with Crippen LogP contribution in [-0.4, -0.2) is 13.1 Å². The maximum absolute atomic E-state index is 11.0. The summed E-state index contributed by atoms with van der Waals surface area (Å²) in [6, 6.07) is 13.3. The van der Waals surface area contributed by atoms with E-state index in [0.29, 0.717) is 16.5 Å². The van der Waals surface area contributed by atoms with E-state index < -0.39 is 0 Å². The topological polar surface area (TPSA) is 35.5 Å². The van der Waals surface area contributed by atoms with Gasteiger partial charge in [0, 0.05) is 12.3 Å². The largest absolute Gasteiger partial charge is 0.495 e. The normalized spacial score (nSPS) is 11.1. The minimum atomic E-state index is -0.325. The Labute approximate surface area is 135 Å². The quantitative estimate of drug-likeness (QED) is 0.610. The van der Waals surface area contributed by atoms with Crippen LogP contribution in [-0.2, 0) is 10.2 Å². The van der Waals surface area contributed by atoms with E-state index in [9.17, 15) is 4.79 Å². The molecule has 0 saturated heterocycles. The number of ether oxygens (including phenoxy) is 2. The van der Waals surface area contributed by atoms with Gasteiger partial charge in [-0.3, -0.25) is 4.79 Å². The Bertz CT molecular complexity index is 675. The van der Waals surface area contributed by atoms with Crippen LogP contribution in [0, 0.1) is 0 Å². The van der Waals surface area contributed by atoms with Crippen molar-refractivity contribution in [2.24, 2.45) is 0 Å². The van der Waals surface area contributed by atoms with Gasteiger partial charge in [0.1, 0.15) is 11.5 Å². The molecule has 0 N–H and O–H groups in total.